The van der Waals surface area contributed by atoms with Crippen molar-refractivity contribution in [3.05, 3.63) is 89.5 Å². The smallest absolute Gasteiger partial charge is 0.338 e. The number of sulfonamides is 1. The molecular weight excluding hydrogens is 416 g/mol. The van der Waals surface area contributed by atoms with Crippen LogP contribution in [-0.4, -0.2) is 26.9 Å². The van der Waals surface area contributed by atoms with Gasteiger partial charge in [0.25, 0.3) is 15.9 Å². The average molecular weight is 439 g/mol. The fourth-order valence-electron chi connectivity index (χ4n) is 2.83. The second-order valence-electron chi connectivity index (χ2n) is 6.70. The molecule has 0 aliphatic heterocycles. The highest BCUT2D eigenvalue weighted by Gasteiger charge is 2.16. The number of rotatable bonds is 7. The molecule has 2 N–H and O–H groups in total. The maximum absolute atomic E-state index is 12.8. The van der Waals surface area contributed by atoms with Gasteiger partial charge in [0, 0.05) is 16.9 Å². The number of ether oxygens (including phenoxy) is 1. The van der Waals surface area contributed by atoms with E-state index in [0.29, 0.717) is 11.3 Å². The normalized spacial score (nSPS) is 10.9. The summed E-state index contributed by atoms with van der Waals surface area (Å²) in [5, 5.41) is 2.76. The lowest BCUT2D eigenvalue weighted by Gasteiger charge is -2.12. The molecule has 1 amide bonds. The first kappa shape index (κ1) is 22.0. The number of carbonyl (C=O) groups is 2. The third kappa shape index (κ3) is 5.49. The molecule has 0 spiro atoms. The Kier molecular flexibility index (Phi) is 6.71. The van der Waals surface area contributed by atoms with Gasteiger partial charge in [-0.05, 0) is 61.9 Å². The van der Waals surface area contributed by atoms with Crippen molar-refractivity contribution in [1.29, 1.82) is 0 Å². The molecule has 0 fully saturated rings. The third-order valence-corrected chi connectivity index (χ3v) is 5.82. The molecular formula is C23H22N2O5S. The Bertz CT molecular complexity index is 1210. The number of benzene rings is 3. The summed E-state index contributed by atoms with van der Waals surface area (Å²) in [5.41, 5.74) is 2.07. The largest absolute Gasteiger partial charge is 0.462 e. The van der Waals surface area contributed by atoms with Crippen molar-refractivity contribution in [3.8, 4) is 0 Å². The summed E-state index contributed by atoms with van der Waals surface area (Å²) in [4.78, 5) is 24.8. The van der Waals surface area contributed by atoms with Crippen LogP contribution in [0.1, 0.15) is 33.2 Å². The zero-order chi connectivity index (χ0) is 22.4. The van der Waals surface area contributed by atoms with Crippen molar-refractivity contribution in [2.75, 3.05) is 16.6 Å². The molecule has 160 valence electrons. The molecule has 0 radical (unpaired) electrons. The van der Waals surface area contributed by atoms with Crippen LogP contribution in [0.3, 0.4) is 0 Å². The highest BCUT2D eigenvalue weighted by atomic mass is 32.2. The van der Waals surface area contributed by atoms with Crippen molar-refractivity contribution in [1.82, 2.24) is 0 Å². The van der Waals surface area contributed by atoms with E-state index in [1.807, 2.05) is 0 Å². The second kappa shape index (κ2) is 9.44. The molecule has 0 bridgehead atoms. The van der Waals surface area contributed by atoms with Crippen molar-refractivity contribution >= 4 is 33.3 Å². The van der Waals surface area contributed by atoms with Crippen LogP contribution in [0.4, 0.5) is 11.4 Å². The lowest BCUT2D eigenvalue weighted by Crippen LogP contribution is -2.16. The van der Waals surface area contributed by atoms with Crippen molar-refractivity contribution in [2.24, 2.45) is 0 Å². The summed E-state index contributed by atoms with van der Waals surface area (Å²) < 4.78 is 32.5. The van der Waals surface area contributed by atoms with Gasteiger partial charge in [-0.1, -0.05) is 30.3 Å². The van der Waals surface area contributed by atoms with Crippen LogP contribution < -0.4 is 10.0 Å². The number of carbonyl (C=O) groups excluding carboxylic acids is 2. The highest BCUT2D eigenvalue weighted by molar-refractivity contribution is 7.92. The summed E-state index contributed by atoms with van der Waals surface area (Å²) in [6, 6.07) is 19.0. The Morgan fingerprint density at radius 1 is 0.903 bits per heavy atom. The summed E-state index contributed by atoms with van der Waals surface area (Å²) in [7, 11) is -3.78. The van der Waals surface area contributed by atoms with E-state index in [0.717, 1.165) is 5.56 Å². The van der Waals surface area contributed by atoms with Gasteiger partial charge in [-0.25, -0.2) is 13.2 Å². The summed E-state index contributed by atoms with van der Waals surface area (Å²) >= 11 is 0. The van der Waals surface area contributed by atoms with Crippen LogP contribution in [0.15, 0.2) is 77.7 Å². The first-order chi connectivity index (χ1) is 14.8. The van der Waals surface area contributed by atoms with E-state index >= 15 is 0 Å². The maximum Gasteiger partial charge on any atom is 0.338 e. The van der Waals surface area contributed by atoms with E-state index in [1.54, 1.807) is 68.4 Å². The molecule has 0 saturated carbocycles. The first-order valence-corrected chi connectivity index (χ1v) is 11.1. The van der Waals surface area contributed by atoms with Gasteiger partial charge in [0.2, 0.25) is 0 Å². The van der Waals surface area contributed by atoms with Crippen LogP contribution in [0, 0.1) is 6.92 Å². The summed E-state index contributed by atoms with van der Waals surface area (Å²) in [6.07, 6.45) is 0. The topological polar surface area (TPSA) is 102 Å². The number of aryl methyl sites for hydroxylation is 1. The molecule has 3 rings (SSSR count). The monoisotopic (exact) mass is 438 g/mol. The van der Waals surface area contributed by atoms with E-state index in [9.17, 15) is 18.0 Å². The lowest BCUT2D eigenvalue weighted by atomic mass is 10.1. The van der Waals surface area contributed by atoms with Gasteiger partial charge in [-0.15, -0.1) is 0 Å². The molecule has 31 heavy (non-hydrogen) atoms. The number of anilines is 2. The number of hydrogen-bond acceptors (Lipinski definition) is 5. The molecule has 0 aliphatic rings. The summed E-state index contributed by atoms with van der Waals surface area (Å²) in [5.74, 6) is -0.916. The average Bonchev–Trinajstić information content (AvgIpc) is 2.76. The minimum absolute atomic E-state index is 0.122. The van der Waals surface area contributed by atoms with Crippen LogP contribution in [-0.2, 0) is 14.8 Å². The van der Waals surface area contributed by atoms with Gasteiger partial charge in [0.1, 0.15) is 0 Å². The molecule has 3 aromatic rings. The standard InChI is InChI=1S/C23H22N2O5S/c1-3-30-23(27)18-13-12-16(2)21(15-18)24-22(26)17-8-7-9-19(14-17)25-31(28,29)20-10-5-4-6-11-20/h4-15,25H,3H2,1-2H3,(H,24,26). The van der Waals surface area contributed by atoms with Gasteiger partial charge in [0.15, 0.2) is 0 Å². The minimum Gasteiger partial charge on any atom is -0.462 e. The molecule has 0 atom stereocenters. The maximum atomic E-state index is 12.8. The molecule has 0 heterocycles. The van der Waals surface area contributed by atoms with Crippen LogP contribution in [0.5, 0.6) is 0 Å². The molecule has 0 aliphatic carbocycles. The van der Waals surface area contributed by atoms with Gasteiger partial charge >= 0.3 is 5.97 Å². The van der Waals surface area contributed by atoms with Crippen LogP contribution in [0.25, 0.3) is 0 Å². The Balaban J connectivity index is 1.80. The van der Waals surface area contributed by atoms with E-state index in [-0.39, 0.29) is 22.8 Å². The Hall–Kier alpha value is -3.65. The molecule has 8 heteroatoms. The molecule has 7 nitrogen and oxygen atoms in total. The van der Waals surface area contributed by atoms with Crippen molar-refractivity contribution in [3.63, 3.8) is 0 Å². The molecule has 0 aromatic heterocycles. The van der Waals surface area contributed by atoms with Gasteiger partial charge in [-0.3, -0.25) is 9.52 Å². The van der Waals surface area contributed by atoms with Gasteiger partial charge in [-0.2, -0.15) is 0 Å². The second-order valence-corrected chi connectivity index (χ2v) is 8.39. The predicted octanol–water partition coefficient (Wildman–Crippen LogP) is 4.22. The minimum atomic E-state index is -3.78. The zero-order valence-corrected chi connectivity index (χ0v) is 17.9. The van der Waals surface area contributed by atoms with E-state index in [4.69, 9.17) is 4.74 Å². The van der Waals surface area contributed by atoms with Crippen molar-refractivity contribution < 1.29 is 22.7 Å². The molecule has 0 saturated heterocycles. The Labute approximate surface area is 181 Å². The highest BCUT2D eigenvalue weighted by Crippen LogP contribution is 2.21. The van der Waals surface area contributed by atoms with Crippen molar-refractivity contribution in [2.45, 2.75) is 18.7 Å². The predicted molar refractivity (Wildman–Crippen MR) is 119 cm³/mol. The lowest BCUT2D eigenvalue weighted by molar-refractivity contribution is 0.0526. The Morgan fingerprint density at radius 2 is 1.65 bits per heavy atom. The zero-order valence-electron chi connectivity index (χ0n) is 17.1. The number of hydrogen-bond donors (Lipinski definition) is 2. The van der Waals surface area contributed by atoms with Crippen LogP contribution in [0.2, 0.25) is 0 Å². The number of amides is 1. The fraction of sp³-hybridized carbons (Fsp3) is 0.130. The van der Waals surface area contributed by atoms with E-state index in [1.165, 1.54) is 18.2 Å². The van der Waals surface area contributed by atoms with Gasteiger partial charge in [0.05, 0.1) is 17.1 Å². The third-order valence-electron chi connectivity index (χ3n) is 4.43. The van der Waals surface area contributed by atoms with Gasteiger partial charge < -0.3 is 10.1 Å². The van der Waals surface area contributed by atoms with E-state index < -0.39 is 21.9 Å². The SMILES string of the molecule is CCOC(=O)c1ccc(C)c(NC(=O)c2cccc(NS(=O)(=O)c3ccccc3)c2)c1. The number of esters is 1. The molecule has 0 unspecified atom stereocenters. The molecule has 3 aromatic carbocycles. The number of nitrogens with one attached hydrogen (secondary N) is 2. The summed E-state index contributed by atoms with van der Waals surface area (Å²) in [6.45, 7) is 3.77. The van der Waals surface area contributed by atoms with E-state index in [2.05, 4.69) is 10.0 Å². The van der Waals surface area contributed by atoms with Crippen LogP contribution >= 0.6 is 0 Å². The first-order valence-electron chi connectivity index (χ1n) is 9.57. The fourth-order valence-corrected chi connectivity index (χ4v) is 3.90. The Morgan fingerprint density at radius 3 is 2.35 bits per heavy atom. The quantitative estimate of drug-likeness (QED) is 0.538.